The lowest BCUT2D eigenvalue weighted by molar-refractivity contribution is -0.161. The summed E-state index contributed by atoms with van der Waals surface area (Å²) in [7, 11) is -9.91. The van der Waals surface area contributed by atoms with E-state index in [4.69, 9.17) is 37.0 Å². The molecule has 0 saturated carbocycles. The van der Waals surface area contributed by atoms with Crippen molar-refractivity contribution in [2.75, 3.05) is 39.6 Å². The zero-order valence-electron chi connectivity index (χ0n) is 62.0. The van der Waals surface area contributed by atoms with E-state index in [9.17, 15) is 43.2 Å². The van der Waals surface area contributed by atoms with Gasteiger partial charge in [0.1, 0.15) is 19.3 Å². The van der Waals surface area contributed by atoms with Crippen LogP contribution in [0, 0.1) is 11.8 Å². The van der Waals surface area contributed by atoms with Crippen LogP contribution in [-0.4, -0.2) is 96.7 Å². The molecule has 0 aromatic rings. The average molecular weight is 1400 g/mol. The van der Waals surface area contributed by atoms with Gasteiger partial charge in [0.15, 0.2) is 12.2 Å². The molecule has 19 heteroatoms. The Kier molecular flexibility index (Phi) is 66.5. The molecular weight excluding hydrogens is 1250 g/mol. The zero-order chi connectivity index (χ0) is 70.0. The number of phosphoric ester groups is 2. The number of phosphoric acid groups is 2. The van der Waals surface area contributed by atoms with Gasteiger partial charge in [0, 0.05) is 25.7 Å². The van der Waals surface area contributed by atoms with Crippen LogP contribution in [0.15, 0.2) is 0 Å². The van der Waals surface area contributed by atoms with Gasteiger partial charge in [-0.05, 0) is 37.5 Å². The lowest BCUT2D eigenvalue weighted by atomic mass is 10.0. The van der Waals surface area contributed by atoms with Crippen molar-refractivity contribution < 1.29 is 80.2 Å². The fourth-order valence-electron chi connectivity index (χ4n) is 11.7. The minimum atomic E-state index is -4.96. The van der Waals surface area contributed by atoms with E-state index in [0.717, 1.165) is 102 Å². The number of carbonyl (C=O) groups excluding carboxylic acids is 4. The SMILES string of the molecule is CCCCCCCCCCCCCCCCCCCCC(=O)O[C@H](COC(=O)CCCCCCCCCCCCCCCC(C)C)COP(=O)(O)OC[C@@H](O)COP(=O)(O)OC[C@@H](COC(=O)CCCCCCCCCC(C)C)OC(=O)CCCCCCCCCCCCC. The highest BCUT2D eigenvalue weighted by molar-refractivity contribution is 7.47. The molecule has 0 aliphatic heterocycles. The van der Waals surface area contributed by atoms with Gasteiger partial charge in [-0.3, -0.25) is 37.3 Å². The van der Waals surface area contributed by atoms with Crippen LogP contribution in [0.2, 0.25) is 0 Å². The summed E-state index contributed by atoms with van der Waals surface area (Å²) >= 11 is 0. The quantitative estimate of drug-likeness (QED) is 0.0222. The number of hydrogen-bond acceptors (Lipinski definition) is 15. The first-order valence-electron chi connectivity index (χ1n) is 39.5. The van der Waals surface area contributed by atoms with Crippen molar-refractivity contribution >= 4 is 39.5 Å². The molecule has 0 rings (SSSR count). The molecule has 0 saturated heterocycles. The number of ether oxygens (including phenoxy) is 4. The molecule has 0 amide bonds. The van der Waals surface area contributed by atoms with Crippen LogP contribution >= 0.6 is 15.6 Å². The van der Waals surface area contributed by atoms with Gasteiger partial charge in [-0.25, -0.2) is 9.13 Å². The molecule has 5 atom stereocenters. The van der Waals surface area contributed by atoms with Gasteiger partial charge in [-0.2, -0.15) is 0 Å². The van der Waals surface area contributed by atoms with Crippen LogP contribution < -0.4 is 0 Å². The van der Waals surface area contributed by atoms with Crippen molar-refractivity contribution in [3.05, 3.63) is 0 Å². The van der Waals surface area contributed by atoms with E-state index in [1.807, 2.05) is 0 Å². The second kappa shape index (κ2) is 67.9. The first-order chi connectivity index (χ1) is 45.9. The van der Waals surface area contributed by atoms with E-state index in [1.165, 1.54) is 205 Å². The van der Waals surface area contributed by atoms with Crippen molar-refractivity contribution in [2.24, 2.45) is 11.8 Å². The first kappa shape index (κ1) is 93.1. The topological polar surface area (TPSA) is 237 Å². The Morgan fingerprint density at radius 3 is 0.716 bits per heavy atom. The van der Waals surface area contributed by atoms with Gasteiger partial charge in [0.25, 0.3) is 0 Å². The van der Waals surface area contributed by atoms with E-state index in [2.05, 4.69) is 41.5 Å². The van der Waals surface area contributed by atoms with Crippen molar-refractivity contribution in [2.45, 2.75) is 413 Å². The zero-order valence-corrected chi connectivity index (χ0v) is 63.8. The van der Waals surface area contributed by atoms with Crippen LogP contribution in [0.4, 0.5) is 0 Å². The molecular formula is C76H148O17P2. The molecule has 3 N–H and O–H groups in total. The molecule has 0 aromatic carbocycles. The van der Waals surface area contributed by atoms with Crippen LogP contribution in [0.25, 0.3) is 0 Å². The van der Waals surface area contributed by atoms with E-state index in [1.54, 1.807) is 0 Å². The van der Waals surface area contributed by atoms with E-state index in [-0.39, 0.29) is 25.7 Å². The fourth-order valence-corrected chi connectivity index (χ4v) is 13.2. The fraction of sp³-hybridized carbons (Fsp3) is 0.947. The lowest BCUT2D eigenvalue weighted by Gasteiger charge is -2.21. The van der Waals surface area contributed by atoms with Crippen LogP contribution in [-0.2, 0) is 65.4 Å². The summed E-state index contributed by atoms with van der Waals surface area (Å²) < 4.78 is 68.5. The maximum atomic E-state index is 13.1. The highest BCUT2D eigenvalue weighted by Gasteiger charge is 2.30. The molecule has 0 heterocycles. The minimum absolute atomic E-state index is 0.106. The normalized spacial score (nSPS) is 14.0. The number of unbranched alkanes of at least 4 members (excludes halogenated alkanes) is 45. The predicted molar refractivity (Wildman–Crippen MR) is 386 cm³/mol. The Bertz CT molecular complexity index is 1840. The van der Waals surface area contributed by atoms with E-state index < -0.39 is 97.5 Å². The Morgan fingerprint density at radius 1 is 0.284 bits per heavy atom. The number of aliphatic hydroxyl groups is 1. The third kappa shape index (κ3) is 70.3. The molecule has 2 unspecified atom stereocenters. The Labute approximate surface area is 581 Å². The van der Waals surface area contributed by atoms with Gasteiger partial charge >= 0.3 is 39.5 Å². The lowest BCUT2D eigenvalue weighted by Crippen LogP contribution is -2.30. The first-order valence-corrected chi connectivity index (χ1v) is 42.5. The predicted octanol–water partition coefficient (Wildman–Crippen LogP) is 22.3. The summed E-state index contributed by atoms with van der Waals surface area (Å²) in [5.74, 6) is -0.619. The number of esters is 4. The third-order valence-electron chi connectivity index (χ3n) is 17.7. The molecule has 0 radical (unpaired) electrons. The molecule has 0 bridgehead atoms. The standard InChI is InChI=1S/C76H148O17P2/c1-7-9-11-13-15-17-19-20-21-22-23-24-27-32-36-42-49-55-61-76(81)92-71(64-86-73(78)58-52-46-40-34-31-28-25-26-30-33-38-44-50-56-68(3)4)66-90-94(82,83)88-62-70(77)63-89-95(84,85)91-67-72(65-87-74(79)59-53-47-43-37-39-45-51-57-69(5)6)93-75(80)60-54-48-41-35-29-18-16-14-12-10-8-2/h68-72,77H,7-67H2,1-6H3,(H,82,83)(H,84,85)/t70-,71-,72-/m1/s1. The van der Waals surface area contributed by atoms with Crippen LogP contribution in [0.1, 0.15) is 395 Å². The maximum absolute atomic E-state index is 13.1. The average Bonchev–Trinajstić information content (AvgIpc) is 1.88. The molecule has 0 fully saturated rings. The van der Waals surface area contributed by atoms with Gasteiger partial charge < -0.3 is 33.8 Å². The van der Waals surface area contributed by atoms with Gasteiger partial charge in [-0.1, -0.05) is 343 Å². The van der Waals surface area contributed by atoms with E-state index in [0.29, 0.717) is 31.6 Å². The number of hydrogen-bond donors (Lipinski definition) is 3. The van der Waals surface area contributed by atoms with Gasteiger partial charge in [-0.15, -0.1) is 0 Å². The number of rotatable bonds is 75. The van der Waals surface area contributed by atoms with Gasteiger partial charge in [0.2, 0.25) is 0 Å². The Balaban J connectivity index is 5.23. The van der Waals surface area contributed by atoms with Crippen LogP contribution in [0.5, 0.6) is 0 Å². The highest BCUT2D eigenvalue weighted by atomic mass is 31.2. The van der Waals surface area contributed by atoms with Crippen molar-refractivity contribution in [3.63, 3.8) is 0 Å². The number of carbonyl (C=O) groups is 4. The number of aliphatic hydroxyl groups excluding tert-OH is 1. The molecule has 0 aliphatic carbocycles. The minimum Gasteiger partial charge on any atom is -0.462 e. The summed E-state index contributed by atoms with van der Waals surface area (Å²) in [6, 6.07) is 0. The second-order valence-electron chi connectivity index (χ2n) is 28.3. The van der Waals surface area contributed by atoms with Crippen molar-refractivity contribution in [3.8, 4) is 0 Å². The van der Waals surface area contributed by atoms with Crippen molar-refractivity contribution in [1.29, 1.82) is 0 Å². The summed E-state index contributed by atoms with van der Waals surface area (Å²) in [4.78, 5) is 72.8. The largest absolute Gasteiger partial charge is 0.472 e. The summed E-state index contributed by atoms with van der Waals surface area (Å²) in [6.45, 7) is 9.56. The Hall–Kier alpha value is -1.94. The Morgan fingerprint density at radius 2 is 0.484 bits per heavy atom. The molecule has 0 spiro atoms. The maximum Gasteiger partial charge on any atom is 0.472 e. The molecule has 0 aliphatic rings. The molecule has 95 heavy (non-hydrogen) atoms. The molecule has 0 aromatic heterocycles. The summed E-state index contributed by atoms with van der Waals surface area (Å²) in [6.07, 6.45) is 55.5. The monoisotopic (exact) mass is 1400 g/mol. The van der Waals surface area contributed by atoms with Crippen LogP contribution in [0.3, 0.4) is 0 Å². The van der Waals surface area contributed by atoms with Crippen molar-refractivity contribution in [1.82, 2.24) is 0 Å². The summed E-state index contributed by atoms with van der Waals surface area (Å²) in [5, 5.41) is 10.6. The van der Waals surface area contributed by atoms with Gasteiger partial charge in [0.05, 0.1) is 26.4 Å². The smallest absolute Gasteiger partial charge is 0.462 e. The summed E-state index contributed by atoms with van der Waals surface area (Å²) in [5.41, 5.74) is 0. The highest BCUT2D eigenvalue weighted by Crippen LogP contribution is 2.45. The second-order valence-corrected chi connectivity index (χ2v) is 31.3. The molecule has 17 nitrogen and oxygen atoms in total. The third-order valence-corrected chi connectivity index (χ3v) is 19.6. The molecule has 564 valence electrons. The van der Waals surface area contributed by atoms with E-state index >= 15 is 0 Å².